The Kier molecular flexibility index (Phi) is 7.39. The van der Waals surface area contributed by atoms with Crippen LogP contribution in [0.15, 0.2) is 12.1 Å². The zero-order valence-corrected chi connectivity index (χ0v) is 14.8. The van der Waals surface area contributed by atoms with Crippen LogP contribution in [0.5, 0.6) is 0 Å². The normalized spacial score (nSPS) is 22.6. The molecule has 1 aromatic carbocycles. The Balaban J connectivity index is 0.00000242. The first-order valence-electron chi connectivity index (χ1n) is 7.07. The Labute approximate surface area is 146 Å². The highest BCUT2D eigenvalue weighted by Crippen LogP contribution is 2.32. The highest BCUT2D eigenvalue weighted by molar-refractivity contribution is 6.36. The minimum atomic E-state index is -0.535. The van der Waals surface area contributed by atoms with Gasteiger partial charge in [0.2, 0.25) is 5.91 Å². The zero-order valence-electron chi connectivity index (χ0n) is 12.5. The number of carbonyl (C=O) groups excluding carboxylic acids is 1. The summed E-state index contributed by atoms with van der Waals surface area (Å²) in [5.41, 5.74) is 0.425. The lowest BCUT2D eigenvalue weighted by Crippen LogP contribution is -2.43. The van der Waals surface area contributed by atoms with E-state index < -0.39 is 11.9 Å². The number of hydrogen-bond donors (Lipinski definition) is 2. The van der Waals surface area contributed by atoms with Gasteiger partial charge in [-0.3, -0.25) is 4.79 Å². The van der Waals surface area contributed by atoms with E-state index in [2.05, 4.69) is 17.6 Å². The predicted octanol–water partition coefficient (Wildman–Crippen LogP) is 4.12. The summed E-state index contributed by atoms with van der Waals surface area (Å²) >= 11 is 12.0. The van der Waals surface area contributed by atoms with Gasteiger partial charge >= 0.3 is 0 Å². The van der Waals surface area contributed by atoms with Crippen LogP contribution < -0.4 is 10.6 Å². The zero-order chi connectivity index (χ0) is 15.6. The van der Waals surface area contributed by atoms with Crippen LogP contribution in [-0.4, -0.2) is 18.5 Å². The minimum Gasteiger partial charge on any atom is -0.349 e. The van der Waals surface area contributed by atoms with Crippen molar-refractivity contribution in [3.05, 3.63) is 33.6 Å². The Morgan fingerprint density at radius 1 is 1.45 bits per heavy atom. The molecule has 3 atom stereocenters. The van der Waals surface area contributed by atoms with E-state index in [9.17, 15) is 9.18 Å². The van der Waals surface area contributed by atoms with Gasteiger partial charge in [-0.15, -0.1) is 12.4 Å². The van der Waals surface area contributed by atoms with Gasteiger partial charge in [0.25, 0.3) is 0 Å². The number of piperidine rings is 1. The monoisotopic (exact) mass is 368 g/mol. The molecule has 124 valence electrons. The second-order valence-corrected chi connectivity index (χ2v) is 6.35. The fraction of sp³-hybridized carbons (Fsp3) is 0.533. The number of benzene rings is 1. The minimum absolute atomic E-state index is 0. The standard InChI is InChI=1S/C15H19Cl2FN2O.ClH/c1-8-7-10(5-6-19-8)15(21)20-9(2)13-11(16)3-4-12(18)14(13)17;/h3-4,8-10,19H,5-7H2,1-2H3,(H,20,21);1H/t8-,9?,10-;/m0./s1. The SMILES string of the molecule is CC(NC(=O)[C@H]1CCN[C@@H](C)C1)c1c(Cl)ccc(F)c1Cl.Cl. The maximum atomic E-state index is 13.6. The van der Waals surface area contributed by atoms with Crippen molar-refractivity contribution in [2.24, 2.45) is 5.92 Å². The fourth-order valence-electron chi connectivity index (χ4n) is 2.71. The molecule has 1 aliphatic rings. The van der Waals surface area contributed by atoms with E-state index >= 15 is 0 Å². The number of carbonyl (C=O) groups is 1. The molecule has 1 heterocycles. The van der Waals surface area contributed by atoms with Crippen molar-refractivity contribution in [3.8, 4) is 0 Å². The largest absolute Gasteiger partial charge is 0.349 e. The second kappa shape index (κ2) is 8.34. The number of amides is 1. The quantitative estimate of drug-likeness (QED) is 0.787. The molecule has 0 aliphatic carbocycles. The van der Waals surface area contributed by atoms with Crippen LogP contribution in [0.2, 0.25) is 10.0 Å². The van der Waals surface area contributed by atoms with E-state index in [1.807, 2.05) is 0 Å². The summed E-state index contributed by atoms with van der Waals surface area (Å²) in [5.74, 6) is -0.602. The number of hydrogen-bond acceptors (Lipinski definition) is 2. The van der Waals surface area contributed by atoms with Crippen molar-refractivity contribution in [2.75, 3.05) is 6.54 Å². The van der Waals surface area contributed by atoms with Gasteiger partial charge in [0.15, 0.2) is 0 Å². The van der Waals surface area contributed by atoms with E-state index in [0.717, 1.165) is 19.4 Å². The molecule has 0 saturated carbocycles. The fourth-order valence-corrected chi connectivity index (χ4v) is 3.41. The molecule has 3 nitrogen and oxygen atoms in total. The highest BCUT2D eigenvalue weighted by Gasteiger charge is 2.27. The first kappa shape index (κ1) is 19.5. The Hall–Kier alpha value is -0.550. The van der Waals surface area contributed by atoms with Crippen molar-refractivity contribution in [3.63, 3.8) is 0 Å². The molecule has 1 saturated heterocycles. The molecule has 0 radical (unpaired) electrons. The molecule has 1 aromatic rings. The van der Waals surface area contributed by atoms with Crippen LogP contribution in [0.25, 0.3) is 0 Å². The van der Waals surface area contributed by atoms with Gasteiger partial charge in [-0.1, -0.05) is 23.2 Å². The first-order chi connectivity index (χ1) is 9.90. The third-order valence-corrected chi connectivity index (χ3v) is 4.58. The molecule has 1 amide bonds. The number of halogens is 4. The molecule has 22 heavy (non-hydrogen) atoms. The van der Waals surface area contributed by atoms with Gasteiger partial charge in [0, 0.05) is 22.5 Å². The van der Waals surface area contributed by atoms with Crippen molar-refractivity contribution in [2.45, 2.75) is 38.8 Å². The lowest BCUT2D eigenvalue weighted by atomic mass is 9.92. The maximum Gasteiger partial charge on any atom is 0.223 e. The Morgan fingerprint density at radius 2 is 2.14 bits per heavy atom. The summed E-state index contributed by atoms with van der Waals surface area (Å²) in [7, 11) is 0. The van der Waals surface area contributed by atoms with E-state index in [0.29, 0.717) is 16.6 Å². The molecule has 0 bridgehead atoms. The summed E-state index contributed by atoms with van der Waals surface area (Å²) in [5, 5.41) is 6.52. The average molecular weight is 370 g/mol. The summed E-state index contributed by atoms with van der Waals surface area (Å²) in [6.07, 6.45) is 1.59. The molecule has 1 fully saturated rings. The molecule has 7 heteroatoms. The smallest absolute Gasteiger partial charge is 0.223 e. The van der Waals surface area contributed by atoms with Gasteiger partial charge in [0.05, 0.1) is 11.1 Å². The van der Waals surface area contributed by atoms with E-state index in [4.69, 9.17) is 23.2 Å². The maximum absolute atomic E-state index is 13.6. The van der Waals surface area contributed by atoms with Crippen molar-refractivity contribution >= 4 is 41.5 Å². The van der Waals surface area contributed by atoms with Crippen LogP contribution >= 0.6 is 35.6 Å². The molecule has 0 spiro atoms. The van der Waals surface area contributed by atoms with Gasteiger partial charge in [0.1, 0.15) is 5.82 Å². The third-order valence-electron chi connectivity index (χ3n) is 3.87. The van der Waals surface area contributed by atoms with Gasteiger partial charge in [-0.25, -0.2) is 4.39 Å². The summed E-state index contributed by atoms with van der Waals surface area (Å²) in [6, 6.07) is 2.56. The molecular weight excluding hydrogens is 350 g/mol. The van der Waals surface area contributed by atoms with Gasteiger partial charge in [-0.05, 0) is 45.4 Å². The summed E-state index contributed by atoms with van der Waals surface area (Å²) < 4.78 is 13.6. The van der Waals surface area contributed by atoms with Crippen LogP contribution in [-0.2, 0) is 4.79 Å². The Morgan fingerprint density at radius 3 is 2.77 bits per heavy atom. The molecule has 2 N–H and O–H groups in total. The van der Waals surface area contributed by atoms with E-state index in [1.54, 1.807) is 6.92 Å². The molecule has 0 aromatic heterocycles. The highest BCUT2D eigenvalue weighted by atomic mass is 35.5. The lowest BCUT2D eigenvalue weighted by molar-refractivity contribution is -0.126. The number of rotatable bonds is 3. The topological polar surface area (TPSA) is 41.1 Å². The summed E-state index contributed by atoms with van der Waals surface area (Å²) in [6.45, 7) is 4.65. The van der Waals surface area contributed by atoms with Crippen LogP contribution in [0.3, 0.4) is 0 Å². The van der Waals surface area contributed by atoms with Crippen molar-refractivity contribution in [1.82, 2.24) is 10.6 Å². The lowest BCUT2D eigenvalue weighted by Gasteiger charge is -2.28. The van der Waals surface area contributed by atoms with E-state index in [-0.39, 0.29) is 29.3 Å². The molecule has 1 aliphatic heterocycles. The third kappa shape index (κ3) is 4.48. The molecule has 1 unspecified atom stereocenters. The average Bonchev–Trinajstić information content (AvgIpc) is 2.43. The van der Waals surface area contributed by atoms with Gasteiger partial charge in [-0.2, -0.15) is 0 Å². The van der Waals surface area contributed by atoms with Crippen LogP contribution in [0.4, 0.5) is 4.39 Å². The predicted molar refractivity (Wildman–Crippen MR) is 90.4 cm³/mol. The van der Waals surface area contributed by atoms with Crippen molar-refractivity contribution < 1.29 is 9.18 Å². The molecule has 2 rings (SSSR count). The van der Waals surface area contributed by atoms with E-state index in [1.165, 1.54) is 12.1 Å². The summed E-state index contributed by atoms with van der Waals surface area (Å²) in [4.78, 5) is 12.3. The van der Waals surface area contributed by atoms with Crippen LogP contribution in [0.1, 0.15) is 38.3 Å². The number of nitrogens with one attached hydrogen (secondary N) is 2. The second-order valence-electron chi connectivity index (χ2n) is 5.56. The van der Waals surface area contributed by atoms with Crippen molar-refractivity contribution in [1.29, 1.82) is 0 Å². The first-order valence-corrected chi connectivity index (χ1v) is 7.83. The van der Waals surface area contributed by atoms with Gasteiger partial charge < -0.3 is 10.6 Å². The van der Waals surface area contributed by atoms with Crippen LogP contribution in [0, 0.1) is 11.7 Å². The molecular formula is C15H20Cl3FN2O. The Bertz CT molecular complexity index is 542.